The summed E-state index contributed by atoms with van der Waals surface area (Å²) in [5.41, 5.74) is 2.87. The van der Waals surface area contributed by atoms with Crippen molar-refractivity contribution in [1.82, 2.24) is 4.98 Å². The molecule has 0 aliphatic rings. The lowest BCUT2D eigenvalue weighted by Gasteiger charge is -2.12. The van der Waals surface area contributed by atoms with Gasteiger partial charge in [-0.15, -0.1) is 0 Å². The standard InChI is InChI=1S/C22H17NO3/c1-14-7-3-6-10-20(14)26-22(24)21-16-8-4-5-9-18(16)23-19-12-11-15(25-2)13-17(19)21/h3-13H,1-2H3. The van der Waals surface area contributed by atoms with E-state index in [9.17, 15) is 4.79 Å². The van der Waals surface area contributed by atoms with Crippen LogP contribution in [0.5, 0.6) is 11.5 Å². The molecule has 1 heterocycles. The number of rotatable bonds is 3. The zero-order valence-electron chi connectivity index (χ0n) is 14.5. The highest BCUT2D eigenvalue weighted by Crippen LogP contribution is 2.30. The van der Waals surface area contributed by atoms with Crippen LogP contribution in [0.4, 0.5) is 0 Å². The van der Waals surface area contributed by atoms with Crippen LogP contribution in [0.2, 0.25) is 0 Å². The Hall–Kier alpha value is -3.40. The molecule has 0 unspecified atom stereocenters. The summed E-state index contributed by atoms with van der Waals surface area (Å²) >= 11 is 0. The Balaban J connectivity index is 1.95. The molecule has 0 aliphatic carbocycles. The Kier molecular flexibility index (Phi) is 4.01. The van der Waals surface area contributed by atoms with Crippen molar-refractivity contribution in [3.05, 3.63) is 77.9 Å². The highest BCUT2D eigenvalue weighted by Gasteiger charge is 2.19. The molecule has 4 nitrogen and oxygen atoms in total. The van der Waals surface area contributed by atoms with Crippen LogP contribution in [0.1, 0.15) is 15.9 Å². The molecule has 128 valence electrons. The summed E-state index contributed by atoms with van der Waals surface area (Å²) in [6.07, 6.45) is 0. The number of hydrogen-bond donors (Lipinski definition) is 0. The second kappa shape index (κ2) is 6.48. The maximum absolute atomic E-state index is 13.1. The van der Waals surface area contributed by atoms with Crippen LogP contribution in [-0.4, -0.2) is 18.1 Å². The van der Waals surface area contributed by atoms with Crippen molar-refractivity contribution >= 4 is 27.8 Å². The Morgan fingerprint density at radius 2 is 1.62 bits per heavy atom. The summed E-state index contributed by atoms with van der Waals surface area (Å²) < 4.78 is 11.0. The number of methoxy groups -OCH3 is 1. The molecule has 0 radical (unpaired) electrons. The summed E-state index contributed by atoms with van der Waals surface area (Å²) in [5, 5.41) is 1.47. The largest absolute Gasteiger partial charge is 0.497 e. The van der Waals surface area contributed by atoms with E-state index in [1.807, 2.05) is 67.6 Å². The smallest absolute Gasteiger partial charge is 0.344 e. The van der Waals surface area contributed by atoms with Gasteiger partial charge in [0.05, 0.1) is 23.7 Å². The lowest BCUT2D eigenvalue weighted by Crippen LogP contribution is -2.11. The van der Waals surface area contributed by atoms with Gasteiger partial charge in [-0.2, -0.15) is 0 Å². The number of para-hydroxylation sites is 2. The fraction of sp³-hybridized carbons (Fsp3) is 0.0909. The van der Waals surface area contributed by atoms with Crippen LogP contribution < -0.4 is 9.47 Å². The van der Waals surface area contributed by atoms with Gasteiger partial charge in [-0.05, 0) is 42.8 Å². The minimum Gasteiger partial charge on any atom is -0.497 e. The van der Waals surface area contributed by atoms with Gasteiger partial charge in [0.25, 0.3) is 0 Å². The predicted octanol–water partition coefficient (Wildman–Crippen LogP) is 4.92. The van der Waals surface area contributed by atoms with Crippen LogP contribution in [-0.2, 0) is 0 Å². The molecule has 0 spiro atoms. The molecule has 4 heteroatoms. The van der Waals surface area contributed by atoms with Gasteiger partial charge in [-0.25, -0.2) is 9.78 Å². The number of esters is 1. The predicted molar refractivity (Wildman–Crippen MR) is 102 cm³/mol. The van der Waals surface area contributed by atoms with E-state index in [4.69, 9.17) is 9.47 Å². The van der Waals surface area contributed by atoms with Crippen molar-refractivity contribution < 1.29 is 14.3 Å². The molecule has 0 saturated carbocycles. The second-order valence-corrected chi connectivity index (χ2v) is 6.04. The summed E-state index contributed by atoms with van der Waals surface area (Å²) in [4.78, 5) is 17.8. The van der Waals surface area contributed by atoms with Gasteiger partial charge >= 0.3 is 5.97 Å². The normalized spacial score (nSPS) is 10.8. The summed E-state index contributed by atoms with van der Waals surface area (Å²) in [6.45, 7) is 1.91. The van der Waals surface area contributed by atoms with E-state index >= 15 is 0 Å². The maximum atomic E-state index is 13.1. The Bertz CT molecular complexity index is 1130. The minimum atomic E-state index is -0.406. The minimum absolute atomic E-state index is 0.406. The lowest BCUT2D eigenvalue weighted by molar-refractivity contribution is 0.0737. The number of aromatic nitrogens is 1. The lowest BCUT2D eigenvalue weighted by atomic mass is 10.0. The molecule has 0 N–H and O–H groups in total. The van der Waals surface area contributed by atoms with Crippen molar-refractivity contribution in [1.29, 1.82) is 0 Å². The number of aryl methyl sites for hydroxylation is 1. The first-order valence-electron chi connectivity index (χ1n) is 8.31. The second-order valence-electron chi connectivity index (χ2n) is 6.04. The van der Waals surface area contributed by atoms with Crippen LogP contribution in [0, 0.1) is 6.92 Å². The van der Waals surface area contributed by atoms with E-state index in [1.165, 1.54) is 0 Å². The first-order chi connectivity index (χ1) is 12.7. The van der Waals surface area contributed by atoms with E-state index in [-0.39, 0.29) is 0 Å². The van der Waals surface area contributed by atoms with Gasteiger partial charge in [0, 0.05) is 10.8 Å². The highest BCUT2D eigenvalue weighted by atomic mass is 16.5. The Morgan fingerprint density at radius 1 is 0.885 bits per heavy atom. The monoisotopic (exact) mass is 343 g/mol. The van der Waals surface area contributed by atoms with Gasteiger partial charge in [0.1, 0.15) is 11.5 Å². The highest BCUT2D eigenvalue weighted by molar-refractivity contribution is 6.15. The van der Waals surface area contributed by atoms with E-state index < -0.39 is 5.97 Å². The van der Waals surface area contributed by atoms with Gasteiger partial charge < -0.3 is 9.47 Å². The van der Waals surface area contributed by atoms with E-state index in [0.717, 1.165) is 22.0 Å². The first kappa shape index (κ1) is 16.1. The zero-order chi connectivity index (χ0) is 18.1. The number of carbonyl (C=O) groups excluding carboxylic acids is 1. The number of hydrogen-bond acceptors (Lipinski definition) is 4. The third-order valence-corrected chi connectivity index (χ3v) is 4.39. The van der Waals surface area contributed by atoms with Crippen molar-refractivity contribution in [3.63, 3.8) is 0 Å². The molecule has 3 aromatic carbocycles. The fourth-order valence-corrected chi connectivity index (χ4v) is 3.04. The fourth-order valence-electron chi connectivity index (χ4n) is 3.04. The number of fused-ring (bicyclic) bond motifs is 2. The zero-order valence-corrected chi connectivity index (χ0v) is 14.5. The third-order valence-electron chi connectivity index (χ3n) is 4.39. The topological polar surface area (TPSA) is 48.4 Å². The molecule has 4 rings (SSSR count). The SMILES string of the molecule is COc1ccc2nc3ccccc3c(C(=O)Oc3ccccc3C)c2c1. The average Bonchev–Trinajstić information content (AvgIpc) is 2.67. The molecule has 0 bridgehead atoms. The average molecular weight is 343 g/mol. The maximum Gasteiger partial charge on any atom is 0.344 e. The van der Waals surface area contributed by atoms with Crippen molar-refractivity contribution in [2.45, 2.75) is 6.92 Å². The summed E-state index contributed by atoms with van der Waals surface area (Å²) in [5.74, 6) is 0.810. The molecular formula is C22H17NO3. The van der Waals surface area contributed by atoms with Gasteiger partial charge in [-0.3, -0.25) is 0 Å². The quantitative estimate of drug-likeness (QED) is 0.301. The summed E-state index contributed by atoms with van der Waals surface area (Å²) in [7, 11) is 1.60. The summed E-state index contributed by atoms with van der Waals surface area (Å²) in [6, 6.07) is 20.5. The van der Waals surface area contributed by atoms with Crippen molar-refractivity contribution in [2.75, 3.05) is 7.11 Å². The van der Waals surface area contributed by atoms with Crippen molar-refractivity contribution in [3.8, 4) is 11.5 Å². The van der Waals surface area contributed by atoms with Crippen molar-refractivity contribution in [2.24, 2.45) is 0 Å². The van der Waals surface area contributed by atoms with E-state index in [0.29, 0.717) is 22.4 Å². The Labute approximate surface area is 151 Å². The molecule has 0 atom stereocenters. The molecule has 0 saturated heterocycles. The number of pyridine rings is 1. The molecule has 4 aromatic rings. The molecular weight excluding hydrogens is 326 g/mol. The molecule has 0 amide bonds. The number of nitrogens with zero attached hydrogens (tertiary/aromatic N) is 1. The molecule has 1 aromatic heterocycles. The molecule has 0 fully saturated rings. The third kappa shape index (κ3) is 2.75. The number of carbonyl (C=O) groups is 1. The van der Waals surface area contributed by atoms with Gasteiger partial charge in [0.15, 0.2) is 0 Å². The molecule has 26 heavy (non-hydrogen) atoms. The van der Waals surface area contributed by atoms with E-state index in [2.05, 4.69) is 4.98 Å². The Morgan fingerprint density at radius 3 is 2.42 bits per heavy atom. The van der Waals surface area contributed by atoms with Gasteiger partial charge in [0.2, 0.25) is 0 Å². The first-order valence-corrected chi connectivity index (χ1v) is 8.31. The van der Waals surface area contributed by atoms with Crippen LogP contribution >= 0.6 is 0 Å². The van der Waals surface area contributed by atoms with Gasteiger partial charge in [-0.1, -0.05) is 36.4 Å². The van der Waals surface area contributed by atoms with E-state index in [1.54, 1.807) is 13.2 Å². The van der Waals surface area contributed by atoms with Crippen LogP contribution in [0.15, 0.2) is 66.7 Å². The van der Waals surface area contributed by atoms with Crippen LogP contribution in [0.25, 0.3) is 21.8 Å². The van der Waals surface area contributed by atoms with Crippen LogP contribution in [0.3, 0.4) is 0 Å². The molecule has 0 aliphatic heterocycles. The number of ether oxygens (including phenoxy) is 2. The number of benzene rings is 3.